The maximum atomic E-state index is 6.03. The van der Waals surface area contributed by atoms with Crippen LogP contribution < -0.4 is 10.1 Å². The minimum Gasteiger partial charge on any atom is -0.495 e. The number of benzene rings is 1. The molecular formula is C15H17ClN2O. The molecule has 1 N–H and O–H groups in total. The molecule has 2 rings (SSSR count). The number of nitrogens with zero attached hydrogens (tertiary/aromatic N) is 1. The highest BCUT2D eigenvalue weighted by atomic mass is 35.5. The number of halogens is 1. The SMILES string of the molecule is CCCNc1ccnc(-c2ccc(Cl)c(OC)c2)c1. The zero-order valence-corrected chi connectivity index (χ0v) is 11.9. The van der Waals surface area contributed by atoms with Crippen LogP contribution in [0.15, 0.2) is 36.5 Å². The Morgan fingerprint density at radius 3 is 2.84 bits per heavy atom. The van der Waals surface area contributed by atoms with Gasteiger partial charge in [-0.05, 0) is 30.7 Å². The van der Waals surface area contributed by atoms with E-state index in [4.69, 9.17) is 16.3 Å². The third kappa shape index (κ3) is 3.38. The average Bonchev–Trinajstić information content (AvgIpc) is 2.46. The first-order valence-electron chi connectivity index (χ1n) is 6.28. The normalized spacial score (nSPS) is 10.3. The fraction of sp³-hybridized carbons (Fsp3) is 0.267. The molecule has 0 amide bonds. The Balaban J connectivity index is 2.30. The van der Waals surface area contributed by atoms with Gasteiger partial charge in [0.15, 0.2) is 0 Å². The quantitative estimate of drug-likeness (QED) is 0.887. The number of aromatic nitrogens is 1. The molecule has 1 aromatic heterocycles. The molecule has 0 aliphatic heterocycles. The van der Waals surface area contributed by atoms with Gasteiger partial charge in [0, 0.05) is 24.0 Å². The molecule has 0 radical (unpaired) electrons. The van der Waals surface area contributed by atoms with E-state index in [1.807, 2.05) is 30.3 Å². The number of ether oxygens (including phenoxy) is 1. The predicted octanol–water partition coefficient (Wildman–Crippen LogP) is 4.23. The number of hydrogen-bond donors (Lipinski definition) is 1. The third-order valence-corrected chi connectivity index (χ3v) is 3.10. The summed E-state index contributed by atoms with van der Waals surface area (Å²) in [5, 5.41) is 3.95. The highest BCUT2D eigenvalue weighted by Gasteiger charge is 2.05. The van der Waals surface area contributed by atoms with Crippen LogP contribution in [-0.2, 0) is 0 Å². The lowest BCUT2D eigenvalue weighted by Gasteiger charge is -2.09. The molecular weight excluding hydrogens is 260 g/mol. The number of anilines is 1. The zero-order valence-electron chi connectivity index (χ0n) is 11.1. The van der Waals surface area contributed by atoms with E-state index in [0.717, 1.165) is 29.9 Å². The van der Waals surface area contributed by atoms with Crippen molar-refractivity contribution in [3.05, 3.63) is 41.6 Å². The van der Waals surface area contributed by atoms with E-state index in [1.165, 1.54) is 0 Å². The van der Waals surface area contributed by atoms with Crippen molar-refractivity contribution in [3.8, 4) is 17.0 Å². The Bertz CT molecular complexity index is 558. The van der Waals surface area contributed by atoms with Gasteiger partial charge in [-0.2, -0.15) is 0 Å². The molecule has 2 aromatic rings. The Hall–Kier alpha value is -1.74. The molecule has 0 bridgehead atoms. The summed E-state index contributed by atoms with van der Waals surface area (Å²) in [5.41, 5.74) is 2.96. The van der Waals surface area contributed by atoms with Gasteiger partial charge in [0.25, 0.3) is 0 Å². The first-order chi connectivity index (χ1) is 9.24. The van der Waals surface area contributed by atoms with Crippen molar-refractivity contribution < 1.29 is 4.74 Å². The van der Waals surface area contributed by atoms with Gasteiger partial charge >= 0.3 is 0 Å². The third-order valence-electron chi connectivity index (χ3n) is 2.79. The van der Waals surface area contributed by atoms with Crippen LogP contribution in [0, 0.1) is 0 Å². The Labute approximate surface area is 118 Å². The largest absolute Gasteiger partial charge is 0.495 e. The lowest BCUT2D eigenvalue weighted by molar-refractivity contribution is 0.415. The molecule has 4 heteroatoms. The van der Waals surface area contributed by atoms with E-state index in [1.54, 1.807) is 13.3 Å². The zero-order chi connectivity index (χ0) is 13.7. The molecule has 0 spiro atoms. The van der Waals surface area contributed by atoms with E-state index >= 15 is 0 Å². The van der Waals surface area contributed by atoms with Crippen molar-refractivity contribution in [1.82, 2.24) is 4.98 Å². The second-order valence-electron chi connectivity index (χ2n) is 4.21. The smallest absolute Gasteiger partial charge is 0.138 e. The number of methoxy groups -OCH3 is 1. The molecule has 19 heavy (non-hydrogen) atoms. The first kappa shape index (κ1) is 13.7. The monoisotopic (exact) mass is 276 g/mol. The summed E-state index contributed by atoms with van der Waals surface area (Å²) in [6.07, 6.45) is 2.89. The van der Waals surface area contributed by atoms with E-state index in [0.29, 0.717) is 10.8 Å². The summed E-state index contributed by atoms with van der Waals surface area (Å²) in [6, 6.07) is 9.65. The van der Waals surface area contributed by atoms with E-state index in [9.17, 15) is 0 Å². The first-order valence-corrected chi connectivity index (χ1v) is 6.66. The van der Waals surface area contributed by atoms with Crippen molar-refractivity contribution >= 4 is 17.3 Å². The fourth-order valence-corrected chi connectivity index (χ4v) is 1.98. The summed E-state index contributed by atoms with van der Waals surface area (Å²) in [5.74, 6) is 0.660. The van der Waals surface area contributed by atoms with Gasteiger partial charge in [-0.3, -0.25) is 4.98 Å². The van der Waals surface area contributed by atoms with Crippen LogP contribution in [0.5, 0.6) is 5.75 Å². The number of pyridine rings is 1. The highest BCUT2D eigenvalue weighted by Crippen LogP contribution is 2.30. The van der Waals surface area contributed by atoms with Gasteiger partial charge < -0.3 is 10.1 Å². The Morgan fingerprint density at radius 2 is 2.11 bits per heavy atom. The van der Waals surface area contributed by atoms with Gasteiger partial charge in [0.1, 0.15) is 5.75 Å². The Kier molecular flexibility index (Phi) is 4.63. The fourth-order valence-electron chi connectivity index (χ4n) is 1.79. The molecule has 100 valence electrons. The minimum absolute atomic E-state index is 0.603. The van der Waals surface area contributed by atoms with Crippen molar-refractivity contribution in [3.63, 3.8) is 0 Å². The molecule has 0 atom stereocenters. The molecule has 0 unspecified atom stereocenters. The van der Waals surface area contributed by atoms with Gasteiger partial charge in [-0.15, -0.1) is 0 Å². The topological polar surface area (TPSA) is 34.2 Å². The summed E-state index contributed by atoms with van der Waals surface area (Å²) in [7, 11) is 1.61. The number of nitrogens with one attached hydrogen (secondary N) is 1. The van der Waals surface area contributed by atoms with E-state index in [-0.39, 0.29) is 0 Å². The molecule has 0 saturated heterocycles. The minimum atomic E-state index is 0.603. The van der Waals surface area contributed by atoms with Crippen LogP contribution in [0.3, 0.4) is 0 Å². The van der Waals surface area contributed by atoms with Crippen molar-refractivity contribution in [2.45, 2.75) is 13.3 Å². The average molecular weight is 277 g/mol. The molecule has 3 nitrogen and oxygen atoms in total. The number of hydrogen-bond acceptors (Lipinski definition) is 3. The van der Waals surface area contributed by atoms with E-state index in [2.05, 4.69) is 17.2 Å². The Morgan fingerprint density at radius 1 is 1.26 bits per heavy atom. The lowest BCUT2D eigenvalue weighted by Crippen LogP contribution is -2.00. The molecule has 0 saturated carbocycles. The van der Waals surface area contributed by atoms with Crippen LogP contribution in [0.1, 0.15) is 13.3 Å². The molecule has 1 heterocycles. The van der Waals surface area contributed by atoms with Crippen LogP contribution >= 0.6 is 11.6 Å². The second-order valence-corrected chi connectivity index (χ2v) is 4.61. The predicted molar refractivity (Wildman–Crippen MR) is 80.0 cm³/mol. The molecule has 0 fully saturated rings. The molecule has 0 aliphatic carbocycles. The summed E-state index contributed by atoms with van der Waals surface area (Å²) in [6.45, 7) is 3.09. The molecule has 0 aliphatic rings. The van der Waals surface area contributed by atoms with Gasteiger partial charge in [0.2, 0.25) is 0 Å². The lowest BCUT2D eigenvalue weighted by atomic mass is 10.1. The van der Waals surface area contributed by atoms with Crippen molar-refractivity contribution in [2.75, 3.05) is 19.0 Å². The van der Waals surface area contributed by atoms with Gasteiger partial charge in [0.05, 0.1) is 17.8 Å². The van der Waals surface area contributed by atoms with Crippen LogP contribution in [0.4, 0.5) is 5.69 Å². The van der Waals surface area contributed by atoms with Crippen LogP contribution in [0.25, 0.3) is 11.3 Å². The summed E-state index contributed by atoms with van der Waals surface area (Å²) >= 11 is 6.03. The summed E-state index contributed by atoms with van der Waals surface area (Å²) in [4.78, 5) is 4.38. The van der Waals surface area contributed by atoms with Crippen molar-refractivity contribution in [1.29, 1.82) is 0 Å². The maximum absolute atomic E-state index is 6.03. The number of rotatable bonds is 5. The van der Waals surface area contributed by atoms with Gasteiger partial charge in [-0.1, -0.05) is 24.6 Å². The van der Waals surface area contributed by atoms with Crippen LogP contribution in [-0.4, -0.2) is 18.6 Å². The molecule has 1 aromatic carbocycles. The van der Waals surface area contributed by atoms with Crippen LogP contribution in [0.2, 0.25) is 5.02 Å². The summed E-state index contributed by atoms with van der Waals surface area (Å²) < 4.78 is 5.23. The maximum Gasteiger partial charge on any atom is 0.138 e. The van der Waals surface area contributed by atoms with Gasteiger partial charge in [-0.25, -0.2) is 0 Å². The van der Waals surface area contributed by atoms with Crippen molar-refractivity contribution in [2.24, 2.45) is 0 Å². The van der Waals surface area contributed by atoms with E-state index < -0.39 is 0 Å². The second kappa shape index (κ2) is 6.43. The standard InChI is InChI=1S/C15H17ClN2O/c1-3-7-17-12-6-8-18-14(10-12)11-4-5-13(16)15(9-11)19-2/h4-6,8-10H,3,7H2,1-2H3,(H,17,18). The highest BCUT2D eigenvalue weighted by molar-refractivity contribution is 6.32.